The summed E-state index contributed by atoms with van der Waals surface area (Å²) in [6.07, 6.45) is 7.70. The maximum Gasteiger partial charge on any atom is 0.325 e. The van der Waals surface area contributed by atoms with Gasteiger partial charge in [0.05, 0.1) is 13.1 Å². The van der Waals surface area contributed by atoms with Crippen LogP contribution in [0.25, 0.3) is 21.9 Å². The van der Waals surface area contributed by atoms with Crippen LogP contribution in [-0.2, 0) is 40.1 Å². The average molecular weight is 1320 g/mol. The third-order valence-electron chi connectivity index (χ3n) is 16.8. The number of likely N-dealkylation sites (tertiary alicyclic amines) is 4. The quantitative estimate of drug-likeness (QED) is 0.0254. The summed E-state index contributed by atoms with van der Waals surface area (Å²) in [5.74, 6) is -2.96. The number of amides is 8. The van der Waals surface area contributed by atoms with Crippen molar-refractivity contribution in [2.24, 2.45) is 9.98 Å². The Morgan fingerprint density at radius 2 is 0.897 bits per heavy atom. The number of carbonyl (C=O) groups excluding carboxylic acids is 9. The molecular formula is C71H78N12O14. The Kier molecular flexibility index (Phi) is 23.2. The van der Waals surface area contributed by atoms with Crippen LogP contribution in [0.2, 0.25) is 0 Å². The molecule has 7 N–H and O–H groups in total. The molecule has 0 saturated carbocycles. The molecule has 6 heterocycles. The molecule has 8 amide bonds. The Balaban J connectivity index is 0.000000213. The summed E-state index contributed by atoms with van der Waals surface area (Å²) < 4.78 is 16.6. The van der Waals surface area contributed by atoms with Crippen molar-refractivity contribution in [3.05, 3.63) is 167 Å². The summed E-state index contributed by atoms with van der Waals surface area (Å²) in [4.78, 5) is 144. The van der Waals surface area contributed by atoms with Gasteiger partial charge in [-0.15, -0.1) is 0 Å². The van der Waals surface area contributed by atoms with Crippen LogP contribution in [0.15, 0.2) is 146 Å². The zero-order valence-electron chi connectivity index (χ0n) is 54.1. The summed E-state index contributed by atoms with van der Waals surface area (Å²) in [7, 11) is 0. The number of esters is 1. The lowest BCUT2D eigenvalue weighted by Gasteiger charge is -2.25. The van der Waals surface area contributed by atoms with Gasteiger partial charge in [-0.05, 0) is 181 Å². The minimum Gasteiger partial charge on any atom is -0.480 e. The number of benzene rings is 5. The SMILES string of the molecule is Cc1cc2cc(NC(=NC3CCCCN(CC(=O)N4CCCC4)C3=O)NC(=O)c3ccc(C(=O)NCC(=O)O)cc3)ccc2o1.Cc1cc2cc(NC(=NC3CCCCN(CC(=O)N4CCCC4)C3=O)NC(=O)c3ccc(C(=O)NCC(=O)OCc4ccccc4)cc3)ccc2o1. The molecule has 97 heavy (non-hydrogen) atoms. The fourth-order valence-electron chi connectivity index (χ4n) is 11.7. The van der Waals surface area contributed by atoms with Crippen LogP contribution in [0, 0.1) is 13.8 Å². The number of rotatable bonds is 18. The molecule has 4 fully saturated rings. The normalized spacial score (nSPS) is 16.8. The van der Waals surface area contributed by atoms with E-state index >= 15 is 0 Å². The van der Waals surface area contributed by atoms with Gasteiger partial charge >= 0.3 is 11.9 Å². The van der Waals surface area contributed by atoms with Gasteiger partial charge in [-0.3, -0.25) is 58.6 Å². The maximum atomic E-state index is 13.7. The van der Waals surface area contributed by atoms with Gasteiger partial charge in [-0.1, -0.05) is 30.3 Å². The molecule has 0 aliphatic carbocycles. The molecule has 4 saturated heterocycles. The third-order valence-corrected chi connectivity index (χ3v) is 16.8. The molecule has 2 unspecified atom stereocenters. The summed E-state index contributed by atoms with van der Waals surface area (Å²) in [6.45, 7) is 6.72. The Hall–Kier alpha value is -11.2. The van der Waals surface area contributed by atoms with Crippen molar-refractivity contribution in [2.75, 3.05) is 76.1 Å². The van der Waals surface area contributed by atoms with Crippen LogP contribution in [-0.4, -0.2) is 173 Å². The van der Waals surface area contributed by atoms with Gasteiger partial charge in [0.25, 0.3) is 23.6 Å². The monoisotopic (exact) mass is 1320 g/mol. The number of nitrogens with zero attached hydrogens (tertiary/aromatic N) is 6. The molecule has 11 rings (SSSR count). The molecule has 0 bridgehead atoms. The van der Waals surface area contributed by atoms with E-state index in [0.717, 1.165) is 79.2 Å². The van der Waals surface area contributed by atoms with E-state index in [-0.39, 0.29) is 84.0 Å². The number of guanidine groups is 2. The Labute approximate surface area is 559 Å². The van der Waals surface area contributed by atoms with Crippen molar-refractivity contribution in [3.8, 4) is 0 Å². The van der Waals surface area contributed by atoms with Gasteiger partial charge in [-0.25, -0.2) is 9.98 Å². The van der Waals surface area contributed by atoms with Crippen molar-refractivity contribution >= 4 is 104 Å². The summed E-state index contributed by atoms with van der Waals surface area (Å²) in [6, 6.07) is 33.8. The first-order valence-corrected chi connectivity index (χ1v) is 32.5. The first-order chi connectivity index (χ1) is 46.9. The van der Waals surface area contributed by atoms with Crippen LogP contribution in [0.4, 0.5) is 11.4 Å². The molecule has 7 aromatic rings. The van der Waals surface area contributed by atoms with Crippen LogP contribution < -0.4 is 31.9 Å². The van der Waals surface area contributed by atoms with Crippen molar-refractivity contribution in [2.45, 2.75) is 96.7 Å². The van der Waals surface area contributed by atoms with Gasteiger partial charge < -0.3 is 59.5 Å². The standard InChI is InChI=1S/C39H42N6O7.C32H36N6O7/c1-26-21-30-22-31(16-17-33(30)52-26)41-39(42-32-11-5-6-20-45(38(32)50)24-34(46)44-18-7-8-19-44)43-37(49)29-14-12-28(13-15-29)36(48)40-23-35(47)51-25-27-9-3-2-4-10-27;1-20-16-23-17-24(11-12-26(23)45-20)34-32(36-30(43)22-9-7-21(8-10-22)29(42)33-18-28(40)41)35-25-6-2-3-15-38(31(25)44)19-27(39)37-13-4-5-14-37/h2-4,9-10,12-17,21-22,32H,5-8,11,18-20,23-25H2,1H3,(H,40,48)(H2,41,42,43,49);7-12,16-17,25H,2-6,13-15,18-19H2,1H3,(H,33,42)(H,40,41)(H2,34,35,36,43). The second-order valence-electron chi connectivity index (χ2n) is 24.1. The third kappa shape index (κ3) is 19.3. The van der Waals surface area contributed by atoms with Crippen molar-refractivity contribution in [3.63, 3.8) is 0 Å². The van der Waals surface area contributed by atoms with Gasteiger partial charge in [0.15, 0.2) is 0 Å². The molecule has 5 aromatic carbocycles. The molecule has 0 spiro atoms. The van der Waals surface area contributed by atoms with Gasteiger partial charge in [0.2, 0.25) is 35.5 Å². The van der Waals surface area contributed by atoms with Gasteiger partial charge in [-0.2, -0.15) is 0 Å². The fourth-order valence-corrected chi connectivity index (χ4v) is 11.7. The van der Waals surface area contributed by atoms with E-state index in [4.69, 9.17) is 23.7 Å². The number of ether oxygens (including phenoxy) is 1. The number of furan rings is 2. The van der Waals surface area contributed by atoms with Crippen LogP contribution in [0.1, 0.15) is 123 Å². The zero-order valence-corrected chi connectivity index (χ0v) is 54.1. The number of hydrogen-bond donors (Lipinski definition) is 7. The molecule has 4 aliphatic rings. The molecule has 0 radical (unpaired) electrons. The second kappa shape index (κ2) is 32.8. The van der Waals surface area contributed by atoms with E-state index in [9.17, 15) is 47.9 Å². The van der Waals surface area contributed by atoms with Crippen molar-refractivity contribution < 1.29 is 66.6 Å². The lowest BCUT2D eigenvalue weighted by Crippen LogP contribution is -2.45. The second-order valence-corrected chi connectivity index (χ2v) is 24.1. The highest BCUT2D eigenvalue weighted by molar-refractivity contribution is 6.12. The Bertz CT molecular complexity index is 4100. The average Bonchev–Trinajstić information content (AvgIpc) is 1.80. The van der Waals surface area contributed by atoms with E-state index in [0.29, 0.717) is 74.7 Å². The molecule has 506 valence electrons. The lowest BCUT2D eigenvalue weighted by atomic mass is 10.1. The van der Waals surface area contributed by atoms with Gasteiger partial charge in [0.1, 0.15) is 54.5 Å². The molecular weight excluding hydrogens is 1240 g/mol. The summed E-state index contributed by atoms with van der Waals surface area (Å²) in [5.41, 5.74) is 4.34. The van der Waals surface area contributed by atoms with E-state index in [1.165, 1.54) is 48.5 Å². The Morgan fingerprint density at radius 3 is 1.32 bits per heavy atom. The predicted molar refractivity (Wildman–Crippen MR) is 360 cm³/mol. The number of fused-ring (bicyclic) bond motifs is 2. The lowest BCUT2D eigenvalue weighted by molar-refractivity contribution is -0.143. The molecule has 26 nitrogen and oxygen atoms in total. The Morgan fingerprint density at radius 1 is 0.495 bits per heavy atom. The largest absolute Gasteiger partial charge is 0.480 e. The van der Waals surface area contributed by atoms with Crippen LogP contribution >= 0.6 is 0 Å². The molecule has 2 atom stereocenters. The number of aliphatic carboxylic acids is 1. The number of aliphatic imine (C=N–C) groups is 2. The van der Waals surface area contributed by atoms with Crippen molar-refractivity contribution in [1.29, 1.82) is 0 Å². The van der Waals surface area contributed by atoms with Crippen LogP contribution in [0.3, 0.4) is 0 Å². The predicted octanol–water partition coefficient (Wildman–Crippen LogP) is 7.17. The maximum absolute atomic E-state index is 13.7. The zero-order chi connectivity index (χ0) is 68.4. The highest BCUT2D eigenvalue weighted by Gasteiger charge is 2.33. The van der Waals surface area contributed by atoms with E-state index < -0.39 is 54.2 Å². The number of aryl methyl sites for hydroxylation is 2. The minimum absolute atomic E-state index is 0.00285. The van der Waals surface area contributed by atoms with Gasteiger partial charge in [0, 0.05) is 83.7 Å². The highest BCUT2D eigenvalue weighted by Crippen LogP contribution is 2.26. The van der Waals surface area contributed by atoms with E-state index in [2.05, 4.69) is 36.9 Å². The molecule has 2 aromatic heterocycles. The highest BCUT2D eigenvalue weighted by atomic mass is 16.5. The van der Waals surface area contributed by atoms with E-state index in [1.807, 2.05) is 68.4 Å². The summed E-state index contributed by atoms with van der Waals surface area (Å²) >= 11 is 0. The first kappa shape index (κ1) is 68.7. The number of nitrogens with one attached hydrogen (secondary N) is 6. The molecule has 4 aliphatic heterocycles. The fraction of sp³-hybridized carbons (Fsp3) is 0.352. The summed E-state index contributed by atoms with van der Waals surface area (Å²) in [5, 5.41) is 27.2. The number of carboxylic acids is 1. The van der Waals surface area contributed by atoms with E-state index in [1.54, 1.807) is 43.9 Å². The smallest absolute Gasteiger partial charge is 0.325 e. The topological polar surface area (TPSA) is 336 Å². The number of carboxylic acid groups (broad SMARTS) is 1. The molecule has 26 heteroatoms. The number of anilines is 2. The number of hydrogen-bond acceptors (Lipinski definition) is 15. The first-order valence-electron chi connectivity index (χ1n) is 32.5. The minimum atomic E-state index is -1.17. The number of carbonyl (C=O) groups is 10. The van der Waals surface area contributed by atoms with Crippen molar-refractivity contribution in [1.82, 2.24) is 40.9 Å². The van der Waals surface area contributed by atoms with Crippen LogP contribution in [0.5, 0.6) is 0 Å².